The summed E-state index contributed by atoms with van der Waals surface area (Å²) in [7, 11) is 0. The summed E-state index contributed by atoms with van der Waals surface area (Å²) >= 11 is 0. The Morgan fingerprint density at radius 2 is 1.92 bits per heavy atom. The summed E-state index contributed by atoms with van der Waals surface area (Å²) in [6.45, 7) is 0.662. The van der Waals surface area contributed by atoms with Gasteiger partial charge in [0.25, 0.3) is 0 Å². The highest BCUT2D eigenvalue weighted by Crippen LogP contribution is 2.28. The Kier molecular flexibility index (Phi) is 5.07. The number of rotatable bonds is 5. The van der Waals surface area contributed by atoms with Gasteiger partial charge in [-0.1, -0.05) is 30.3 Å². The molecule has 0 radical (unpaired) electrons. The molecular weight excluding hydrogens is 326 g/mol. The lowest BCUT2D eigenvalue weighted by Gasteiger charge is -2.17. The SMILES string of the molecule is O=C(NCCc1ccccc1)[C@H]1CCN(c2ccc(F)cc2F)C1=O. The van der Waals surface area contributed by atoms with E-state index in [2.05, 4.69) is 5.32 Å². The number of nitrogens with zero attached hydrogens (tertiary/aromatic N) is 1. The number of nitrogens with one attached hydrogen (secondary N) is 1. The van der Waals surface area contributed by atoms with E-state index in [0.717, 1.165) is 17.7 Å². The van der Waals surface area contributed by atoms with Gasteiger partial charge < -0.3 is 10.2 Å². The van der Waals surface area contributed by atoms with Crippen LogP contribution >= 0.6 is 0 Å². The van der Waals surface area contributed by atoms with Crippen LogP contribution < -0.4 is 10.2 Å². The molecule has 25 heavy (non-hydrogen) atoms. The molecule has 0 saturated carbocycles. The Labute approximate surface area is 144 Å². The second-order valence-electron chi connectivity index (χ2n) is 5.95. The van der Waals surface area contributed by atoms with Gasteiger partial charge >= 0.3 is 0 Å². The van der Waals surface area contributed by atoms with Crippen molar-refractivity contribution in [1.82, 2.24) is 5.32 Å². The molecule has 0 bridgehead atoms. The monoisotopic (exact) mass is 344 g/mol. The van der Waals surface area contributed by atoms with Crippen molar-refractivity contribution >= 4 is 17.5 Å². The highest BCUT2D eigenvalue weighted by atomic mass is 19.1. The normalized spacial score (nSPS) is 17.0. The van der Waals surface area contributed by atoms with Crippen molar-refractivity contribution in [3.63, 3.8) is 0 Å². The van der Waals surface area contributed by atoms with E-state index in [-0.39, 0.29) is 18.1 Å². The molecule has 2 aromatic rings. The fourth-order valence-electron chi connectivity index (χ4n) is 2.96. The predicted molar refractivity (Wildman–Crippen MR) is 90.0 cm³/mol. The molecule has 0 unspecified atom stereocenters. The lowest BCUT2D eigenvalue weighted by Crippen LogP contribution is -2.37. The molecule has 2 aromatic carbocycles. The summed E-state index contributed by atoms with van der Waals surface area (Å²) < 4.78 is 26.9. The zero-order valence-corrected chi connectivity index (χ0v) is 13.5. The molecule has 0 spiro atoms. The third-order valence-corrected chi connectivity index (χ3v) is 4.28. The third-order valence-electron chi connectivity index (χ3n) is 4.28. The zero-order chi connectivity index (χ0) is 17.8. The number of hydrogen-bond acceptors (Lipinski definition) is 2. The Morgan fingerprint density at radius 3 is 2.64 bits per heavy atom. The lowest BCUT2D eigenvalue weighted by atomic mass is 10.1. The van der Waals surface area contributed by atoms with E-state index in [9.17, 15) is 18.4 Å². The minimum Gasteiger partial charge on any atom is -0.355 e. The van der Waals surface area contributed by atoms with E-state index >= 15 is 0 Å². The quantitative estimate of drug-likeness (QED) is 0.848. The van der Waals surface area contributed by atoms with E-state index in [1.807, 2.05) is 30.3 Å². The standard InChI is InChI=1S/C19H18F2N2O2/c20-14-6-7-17(16(21)12-14)23-11-9-15(19(23)25)18(24)22-10-8-13-4-2-1-3-5-13/h1-7,12,15H,8-11H2,(H,22,24)/t15-/m1/s1. The largest absolute Gasteiger partial charge is 0.355 e. The van der Waals surface area contributed by atoms with Crippen LogP contribution in [0, 0.1) is 17.6 Å². The van der Waals surface area contributed by atoms with Crippen LogP contribution in [-0.4, -0.2) is 24.9 Å². The van der Waals surface area contributed by atoms with E-state index < -0.39 is 23.5 Å². The van der Waals surface area contributed by atoms with Crippen molar-refractivity contribution in [2.24, 2.45) is 5.92 Å². The highest BCUT2D eigenvalue weighted by Gasteiger charge is 2.38. The molecular formula is C19H18F2N2O2. The number of carbonyl (C=O) groups excluding carboxylic acids is 2. The molecule has 1 fully saturated rings. The Balaban J connectivity index is 1.58. The van der Waals surface area contributed by atoms with Crippen LogP contribution in [0.3, 0.4) is 0 Å². The van der Waals surface area contributed by atoms with Gasteiger partial charge in [0, 0.05) is 19.2 Å². The molecule has 0 aliphatic carbocycles. The van der Waals surface area contributed by atoms with E-state index in [0.29, 0.717) is 19.4 Å². The summed E-state index contributed by atoms with van der Waals surface area (Å²) in [4.78, 5) is 25.9. The van der Waals surface area contributed by atoms with Gasteiger partial charge in [-0.25, -0.2) is 8.78 Å². The molecule has 6 heteroatoms. The first kappa shape index (κ1) is 17.1. The Morgan fingerprint density at radius 1 is 1.16 bits per heavy atom. The van der Waals surface area contributed by atoms with Crippen molar-refractivity contribution < 1.29 is 18.4 Å². The van der Waals surface area contributed by atoms with E-state index in [1.54, 1.807) is 0 Å². The average molecular weight is 344 g/mol. The third kappa shape index (κ3) is 3.84. The van der Waals surface area contributed by atoms with E-state index in [1.165, 1.54) is 11.0 Å². The molecule has 1 aliphatic heterocycles. The van der Waals surface area contributed by atoms with Crippen molar-refractivity contribution in [3.05, 3.63) is 65.7 Å². The van der Waals surface area contributed by atoms with Crippen molar-refractivity contribution in [1.29, 1.82) is 0 Å². The van der Waals surface area contributed by atoms with Crippen molar-refractivity contribution in [2.45, 2.75) is 12.8 Å². The summed E-state index contributed by atoms with van der Waals surface area (Å²) in [5.41, 5.74) is 1.10. The Bertz CT molecular complexity index is 780. The van der Waals surface area contributed by atoms with Gasteiger partial charge in [-0.3, -0.25) is 9.59 Å². The van der Waals surface area contributed by atoms with Crippen LogP contribution in [0.25, 0.3) is 0 Å². The molecule has 1 N–H and O–H groups in total. The molecule has 1 atom stereocenters. The first-order chi connectivity index (χ1) is 12.1. The van der Waals surface area contributed by atoms with Crippen LogP contribution in [0.15, 0.2) is 48.5 Å². The molecule has 0 aromatic heterocycles. The maximum atomic E-state index is 13.9. The van der Waals surface area contributed by atoms with Crippen molar-refractivity contribution in [3.8, 4) is 0 Å². The van der Waals surface area contributed by atoms with Crippen LogP contribution in [0.5, 0.6) is 0 Å². The van der Waals surface area contributed by atoms with Gasteiger partial charge in [0.15, 0.2) is 0 Å². The maximum Gasteiger partial charge on any atom is 0.239 e. The van der Waals surface area contributed by atoms with Crippen LogP contribution in [0.2, 0.25) is 0 Å². The van der Waals surface area contributed by atoms with Gasteiger partial charge in [-0.2, -0.15) is 0 Å². The topological polar surface area (TPSA) is 49.4 Å². The molecule has 1 saturated heterocycles. The summed E-state index contributed by atoms with van der Waals surface area (Å²) in [5, 5.41) is 2.76. The number of hydrogen-bond donors (Lipinski definition) is 1. The van der Waals surface area contributed by atoms with E-state index in [4.69, 9.17) is 0 Å². The van der Waals surface area contributed by atoms with Crippen LogP contribution in [-0.2, 0) is 16.0 Å². The minimum atomic E-state index is -0.833. The number of benzene rings is 2. The maximum absolute atomic E-state index is 13.9. The summed E-state index contributed by atoms with van der Waals surface area (Å²) in [6.07, 6.45) is 0.983. The first-order valence-electron chi connectivity index (χ1n) is 8.14. The Hall–Kier alpha value is -2.76. The van der Waals surface area contributed by atoms with Gasteiger partial charge in [0.1, 0.15) is 17.6 Å². The number of halogens is 2. The summed E-state index contributed by atoms with van der Waals surface area (Å²) in [6, 6.07) is 12.7. The number of amides is 2. The highest BCUT2D eigenvalue weighted by molar-refractivity contribution is 6.09. The van der Waals surface area contributed by atoms with Crippen LogP contribution in [0.4, 0.5) is 14.5 Å². The molecule has 2 amide bonds. The van der Waals surface area contributed by atoms with Gasteiger partial charge in [-0.15, -0.1) is 0 Å². The molecule has 1 aliphatic rings. The molecule has 130 valence electrons. The van der Waals surface area contributed by atoms with Gasteiger partial charge in [0.05, 0.1) is 5.69 Å². The summed E-state index contributed by atoms with van der Waals surface area (Å²) in [5.74, 6) is -3.16. The zero-order valence-electron chi connectivity index (χ0n) is 13.5. The van der Waals surface area contributed by atoms with Gasteiger partial charge in [0.2, 0.25) is 11.8 Å². The van der Waals surface area contributed by atoms with Crippen LogP contribution in [0.1, 0.15) is 12.0 Å². The van der Waals surface area contributed by atoms with Crippen molar-refractivity contribution in [2.75, 3.05) is 18.0 Å². The fraction of sp³-hybridized carbons (Fsp3) is 0.263. The molecule has 4 nitrogen and oxygen atoms in total. The lowest BCUT2D eigenvalue weighted by molar-refractivity contribution is -0.132. The van der Waals surface area contributed by atoms with Gasteiger partial charge in [-0.05, 0) is 30.5 Å². The second-order valence-corrected chi connectivity index (χ2v) is 5.95. The average Bonchev–Trinajstić information content (AvgIpc) is 2.97. The number of carbonyl (C=O) groups is 2. The molecule has 3 rings (SSSR count). The smallest absolute Gasteiger partial charge is 0.239 e. The molecule has 1 heterocycles. The number of anilines is 1. The fourth-order valence-corrected chi connectivity index (χ4v) is 2.96. The minimum absolute atomic E-state index is 0.00554. The first-order valence-corrected chi connectivity index (χ1v) is 8.14. The predicted octanol–water partition coefficient (Wildman–Crippen LogP) is 2.68. The second kappa shape index (κ2) is 7.42.